The minimum atomic E-state index is 0.231. The Morgan fingerprint density at radius 3 is 2.50 bits per heavy atom. The van der Waals surface area contributed by atoms with E-state index in [0.717, 1.165) is 25.8 Å². The highest BCUT2D eigenvalue weighted by Gasteiger charge is 2.54. The quantitative estimate of drug-likeness (QED) is 0.731. The third-order valence-electron chi connectivity index (χ3n) is 4.76. The second kappa shape index (κ2) is 6.55. The first kappa shape index (κ1) is 13.9. The van der Waals surface area contributed by atoms with Gasteiger partial charge in [-0.1, -0.05) is 26.2 Å². The maximum Gasteiger partial charge on any atom is 0.223 e. The summed E-state index contributed by atoms with van der Waals surface area (Å²) in [4.78, 5) is 12.1. The van der Waals surface area contributed by atoms with Crippen LogP contribution in [0.15, 0.2) is 0 Å². The molecule has 3 unspecified atom stereocenters. The molecular formula is C15H27NO2. The van der Waals surface area contributed by atoms with Gasteiger partial charge in [-0.15, -0.1) is 0 Å². The molecule has 3 nitrogen and oxygen atoms in total. The van der Waals surface area contributed by atoms with Gasteiger partial charge < -0.3 is 10.4 Å². The predicted molar refractivity (Wildman–Crippen MR) is 72.0 cm³/mol. The molecule has 0 saturated heterocycles. The van der Waals surface area contributed by atoms with E-state index >= 15 is 0 Å². The molecule has 0 bridgehead atoms. The molecular weight excluding hydrogens is 226 g/mol. The predicted octanol–water partition coefficient (Wildman–Crippen LogP) is 2.34. The first-order valence-electron chi connectivity index (χ1n) is 7.66. The summed E-state index contributed by atoms with van der Waals surface area (Å²) in [5.74, 6) is 2.45. The summed E-state index contributed by atoms with van der Waals surface area (Å²) in [6, 6.07) is 0. The van der Waals surface area contributed by atoms with Crippen molar-refractivity contribution in [3.8, 4) is 0 Å². The smallest absolute Gasteiger partial charge is 0.223 e. The molecule has 2 fully saturated rings. The Bertz CT molecular complexity index is 262. The second-order valence-corrected chi connectivity index (χ2v) is 6.05. The van der Waals surface area contributed by atoms with Crippen molar-refractivity contribution in [3.63, 3.8) is 0 Å². The van der Waals surface area contributed by atoms with E-state index in [1.54, 1.807) is 0 Å². The van der Waals surface area contributed by atoms with E-state index in [9.17, 15) is 4.79 Å². The fourth-order valence-electron chi connectivity index (χ4n) is 3.68. The molecule has 2 aliphatic rings. The Kier molecular flexibility index (Phi) is 5.04. The summed E-state index contributed by atoms with van der Waals surface area (Å²) in [7, 11) is 0. The fourth-order valence-corrected chi connectivity index (χ4v) is 3.68. The molecule has 3 atom stereocenters. The van der Waals surface area contributed by atoms with Gasteiger partial charge in [0.25, 0.3) is 0 Å². The number of fused-ring (bicyclic) bond motifs is 1. The van der Waals surface area contributed by atoms with Crippen molar-refractivity contribution in [2.45, 2.75) is 51.9 Å². The average molecular weight is 253 g/mol. The molecule has 18 heavy (non-hydrogen) atoms. The van der Waals surface area contributed by atoms with Crippen LogP contribution in [0, 0.1) is 23.7 Å². The molecule has 0 aromatic carbocycles. The number of hydrogen-bond donors (Lipinski definition) is 2. The summed E-state index contributed by atoms with van der Waals surface area (Å²) in [5.41, 5.74) is 0. The van der Waals surface area contributed by atoms with Crippen LogP contribution in [0.2, 0.25) is 0 Å². The van der Waals surface area contributed by atoms with Gasteiger partial charge in [-0.2, -0.15) is 0 Å². The van der Waals surface area contributed by atoms with Gasteiger partial charge in [-0.25, -0.2) is 0 Å². The van der Waals surface area contributed by atoms with E-state index in [4.69, 9.17) is 5.11 Å². The van der Waals surface area contributed by atoms with Crippen LogP contribution in [0.25, 0.3) is 0 Å². The van der Waals surface area contributed by atoms with E-state index in [2.05, 4.69) is 12.2 Å². The Morgan fingerprint density at radius 2 is 1.94 bits per heavy atom. The Balaban J connectivity index is 1.71. The lowest BCUT2D eigenvalue weighted by Crippen LogP contribution is -2.31. The largest absolute Gasteiger partial charge is 0.396 e. The highest BCUT2D eigenvalue weighted by atomic mass is 16.3. The van der Waals surface area contributed by atoms with E-state index in [1.165, 1.54) is 25.7 Å². The first-order valence-corrected chi connectivity index (χ1v) is 7.66. The normalized spacial score (nSPS) is 31.6. The average Bonchev–Trinajstić information content (AvgIpc) is 3.10. The maximum atomic E-state index is 12.1. The molecule has 0 aromatic heterocycles. The van der Waals surface area contributed by atoms with Crippen molar-refractivity contribution < 1.29 is 9.90 Å². The zero-order valence-corrected chi connectivity index (χ0v) is 11.5. The van der Waals surface area contributed by atoms with Gasteiger partial charge in [0.15, 0.2) is 0 Å². The summed E-state index contributed by atoms with van der Waals surface area (Å²) < 4.78 is 0. The van der Waals surface area contributed by atoms with Crippen LogP contribution in [0.4, 0.5) is 0 Å². The second-order valence-electron chi connectivity index (χ2n) is 6.05. The number of aliphatic hydroxyl groups excluding tert-OH is 1. The molecule has 0 aromatic rings. The molecule has 1 amide bonds. The van der Waals surface area contributed by atoms with Crippen LogP contribution in [0.1, 0.15) is 51.9 Å². The van der Waals surface area contributed by atoms with Crippen LogP contribution in [-0.4, -0.2) is 24.2 Å². The molecule has 2 aliphatic carbocycles. The maximum absolute atomic E-state index is 12.1. The van der Waals surface area contributed by atoms with Gasteiger partial charge in [-0.3, -0.25) is 4.79 Å². The highest BCUT2D eigenvalue weighted by Crippen LogP contribution is 2.55. The Hall–Kier alpha value is -0.570. The lowest BCUT2D eigenvalue weighted by molar-refractivity contribution is -0.123. The van der Waals surface area contributed by atoms with Gasteiger partial charge >= 0.3 is 0 Å². The SMILES string of the molecule is CCCC(CCO)CNC(=O)C1C2CCCCC21. The van der Waals surface area contributed by atoms with Crippen LogP contribution < -0.4 is 5.32 Å². The molecule has 0 spiro atoms. The number of rotatable bonds is 7. The van der Waals surface area contributed by atoms with Crippen molar-refractivity contribution in [2.24, 2.45) is 23.7 Å². The summed E-state index contributed by atoms with van der Waals surface area (Å²) in [6.07, 6.45) is 8.18. The van der Waals surface area contributed by atoms with E-state index in [1.807, 2.05) is 0 Å². The Morgan fingerprint density at radius 1 is 1.28 bits per heavy atom. The van der Waals surface area contributed by atoms with E-state index < -0.39 is 0 Å². The third kappa shape index (κ3) is 3.25. The number of nitrogens with one attached hydrogen (secondary N) is 1. The standard InChI is InChI=1S/C15H27NO2/c1-2-5-11(8-9-17)10-16-15(18)14-12-6-3-4-7-13(12)14/h11-14,17H,2-10H2,1H3,(H,16,18). The van der Waals surface area contributed by atoms with Crippen molar-refractivity contribution in [1.82, 2.24) is 5.32 Å². The minimum Gasteiger partial charge on any atom is -0.396 e. The van der Waals surface area contributed by atoms with Crippen LogP contribution in [0.5, 0.6) is 0 Å². The number of carbonyl (C=O) groups is 1. The lowest BCUT2D eigenvalue weighted by Gasteiger charge is -2.15. The van der Waals surface area contributed by atoms with Gasteiger partial charge in [0.05, 0.1) is 0 Å². The van der Waals surface area contributed by atoms with Gasteiger partial charge in [0, 0.05) is 19.1 Å². The minimum absolute atomic E-state index is 0.231. The monoisotopic (exact) mass is 253 g/mol. The molecule has 0 heterocycles. The van der Waals surface area contributed by atoms with Gasteiger partial charge in [-0.05, 0) is 43.4 Å². The van der Waals surface area contributed by atoms with Crippen LogP contribution >= 0.6 is 0 Å². The van der Waals surface area contributed by atoms with E-state index in [0.29, 0.717) is 23.7 Å². The molecule has 2 rings (SSSR count). The first-order chi connectivity index (χ1) is 8.77. The summed E-state index contributed by atoms with van der Waals surface area (Å²) in [5, 5.41) is 12.1. The molecule has 3 heteroatoms. The Labute approximate surface area is 110 Å². The van der Waals surface area contributed by atoms with Crippen LogP contribution in [0.3, 0.4) is 0 Å². The summed E-state index contributed by atoms with van der Waals surface area (Å²) in [6.45, 7) is 3.14. The molecule has 0 aliphatic heterocycles. The van der Waals surface area contributed by atoms with Crippen molar-refractivity contribution in [3.05, 3.63) is 0 Å². The fraction of sp³-hybridized carbons (Fsp3) is 0.933. The molecule has 2 saturated carbocycles. The van der Waals surface area contributed by atoms with Crippen molar-refractivity contribution >= 4 is 5.91 Å². The molecule has 2 N–H and O–H groups in total. The van der Waals surface area contributed by atoms with Crippen LogP contribution in [-0.2, 0) is 4.79 Å². The number of hydrogen-bond acceptors (Lipinski definition) is 2. The topological polar surface area (TPSA) is 49.3 Å². The third-order valence-corrected chi connectivity index (χ3v) is 4.76. The van der Waals surface area contributed by atoms with Crippen molar-refractivity contribution in [1.29, 1.82) is 0 Å². The number of aliphatic hydroxyl groups is 1. The lowest BCUT2D eigenvalue weighted by atomic mass is 10.00. The highest BCUT2D eigenvalue weighted by molar-refractivity contribution is 5.82. The number of amides is 1. The summed E-state index contributed by atoms with van der Waals surface area (Å²) >= 11 is 0. The van der Waals surface area contributed by atoms with Gasteiger partial charge in [0.2, 0.25) is 5.91 Å². The molecule has 104 valence electrons. The van der Waals surface area contributed by atoms with E-state index in [-0.39, 0.29) is 12.5 Å². The zero-order valence-electron chi connectivity index (χ0n) is 11.5. The molecule has 0 radical (unpaired) electrons. The van der Waals surface area contributed by atoms with Gasteiger partial charge in [0.1, 0.15) is 0 Å². The number of carbonyl (C=O) groups excluding carboxylic acids is 1. The van der Waals surface area contributed by atoms with Crippen molar-refractivity contribution in [2.75, 3.05) is 13.2 Å². The zero-order chi connectivity index (χ0) is 13.0.